The molecule has 11 heteroatoms. The van der Waals surface area contributed by atoms with Gasteiger partial charge in [-0.25, -0.2) is 8.42 Å². The summed E-state index contributed by atoms with van der Waals surface area (Å²) in [6, 6.07) is 27.9. The minimum atomic E-state index is -4.20. The van der Waals surface area contributed by atoms with Crippen LogP contribution in [0.25, 0.3) is 0 Å². The maximum Gasteiger partial charge on any atom is 0.264 e. The number of carbonyl (C=O) groups excluding carboxylic acids is 2. The molecule has 2 amide bonds. The lowest BCUT2D eigenvalue weighted by atomic mass is 10.0. The zero-order valence-corrected chi connectivity index (χ0v) is 29.0. The number of anilines is 1. The van der Waals surface area contributed by atoms with Gasteiger partial charge in [0.05, 0.1) is 10.6 Å². The summed E-state index contributed by atoms with van der Waals surface area (Å²) in [7, 11) is -4.20. The van der Waals surface area contributed by atoms with E-state index < -0.39 is 34.1 Å². The zero-order chi connectivity index (χ0) is 32.8. The van der Waals surface area contributed by atoms with Crippen LogP contribution in [0.4, 0.5) is 5.69 Å². The Morgan fingerprint density at radius 1 is 0.867 bits per heavy atom. The SMILES string of the molecule is CC(C)(C)NC(=O)C(Cc1ccccc1)N(Cc1ccc(Cl)cc1Cl)C(=O)CN(c1cccc(Br)c1)S(=O)(=O)c1ccccc1. The minimum Gasteiger partial charge on any atom is -0.350 e. The molecule has 0 fully saturated rings. The van der Waals surface area contributed by atoms with Crippen LogP contribution in [0.1, 0.15) is 31.9 Å². The van der Waals surface area contributed by atoms with Gasteiger partial charge < -0.3 is 10.2 Å². The van der Waals surface area contributed by atoms with Crippen molar-refractivity contribution in [2.75, 3.05) is 10.8 Å². The van der Waals surface area contributed by atoms with Crippen LogP contribution in [0.5, 0.6) is 0 Å². The van der Waals surface area contributed by atoms with Crippen LogP contribution in [0.3, 0.4) is 0 Å². The lowest BCUT2D eigenvalue weighted by Crippen LogP contribution is -2.56. The summed E-state index contributed by atoms with van der Waals surface area (Å²) in [4.78, 5) is 29.9. The Morgan fingerprint density at radius 3 is 2.11 bits per heavy atom. The van der Waals surface area contributed by atoms with Gasteiger partial charge in [-0.15, -0.1) is 0 Å². The summed E-state index contributed by atoms with van der Waals surface area (Å²) in [5.41, 5.74) is 1.06. The number of sulfonamides is 1. The molecule has 0 saturated carbocycles. The van der Waals surface area contributed by atoms with Crippen molar-refractivity contribution in [1.82, 2.24) is 10.2 Å². The molecule has 0 aromatic heterocycles. The molecule has 0 aliphatic heterocycles. The summed E-state index contributed by atoms with van der Waals surface area (Å²) >= 11 is 16.1. The van der Waals surface area contributed by atoms with Gasteiger partial charge in [0.2, 0.25) is 11.8 Å². The first-order chi connectivity index (χ1) is 21.2. The van der Waals surface area contributed by atoms with Crippen molar-refractivity contribution in [2.45, 2.75) is 50.2 Å². The monoisotopic (exact) mass is 729 g/mol. The molecule has 45 heavy (non-hydrogen) atoms. The highest BCUT2D eigenvalue weighted by atomic mass is 79.9. The highest BCUT2D eigenvalue weighted by molar-refractivity contribution is 9.10. The average molecular weight is 732 g/mol. The van der Waals surface area contributed by atoms with Crippen LogP contribution in [0, 0.1) is 0 Å². The Labute approximate surface area is 283 Å². The van der Waals surface area contributed by atoms with Crippen LogP contribution < -0.4 is 9.62 Å². The fourth-order valence-electron chi connectivity index (χ4n) is 4.72. The first-order valence-electron chi connectivity index (χ1n) is 14.2. The van der Waals surface area contributed by atoms with Gasteiger partial charge >= 0.3 is 0 Å². The van der Waals surface area contributed by atoms with Gasteiger partial charge in [-0.3, -0.25) is 13.9 Å². The van der Waals surface area contributed by atoms with Crippen molar-refractivity contribution in [1.29, 1.82) is 0 Å². The second-order valence-corrected chi connectivity index (χ2v) is 15.1. The predicted octanol–water partition coefficient (Wildman–Crippen LogP) is 7.51. The van der Waals surface area contributed by atoms with Gasteiger partial charge in [-0.05, 0) is 74.4 Å². The van der Waals surface area contributed by atoms with Gasteiger partial charge in [0.1, 0.15) is 12.6 Å². The van der Waals surface area contributed by atoms with Gasteiger partial charge in [0.15, 0.2) is 0 Å². The lowest BCUT2D eigenvalue weighted by Gasteiger charge is -2.35. The first kappa shape index (κ1) is 34.5. The fourth-order valence-corrected chi connectivity index (χ4v) is 7.00. The van der Waals surface area contributed by atoms with Gasteiger partial charge in [-0.1, -0.05) is 99.8 Å². The van der Waals surface area contributed by atoms with Crippen LogP contribution in [-0.2, 0) is 32.6 Å². The Balaban J connectivity index is 1.84. The number of rotatable bonds is 11. The van der Waals surface area contributed by atoms with Crippen molar-refractivity contribution in [2.24, 2.45) is 0 Å². The molecule has 4 rings (SSSR count). The Bertz CT molecular complexity index is 1750. The molecule has 4 aromatic rings. The standard InChI is InChI=1S/C34H34BrCl2N3O4S/c1-34(2,3)38-33(42)31(19-24-11-6-4-7-12-24)39(22-25-17-18-27(36)21-30(25)37)32(41)23-40(28-14-10-13-26(35)20-28)45(43,44)29-15-8-5-9-16-29/h4-18,20-21,31H,19,22-23H2,1-3H3,(H,38,42). The lowest BCUT2D eigenvalue weighted by molar-refractivity contribution is -0.140. The second kappa shape index (κ2) is 14.8. The summed E-state index contributed by atoms with van der Waals surface area (Å²) in [6.07, 6.45) is 0.183. The van der Waals surface area contributed by atoms with E-state index in [1.807, 2.05) is 51.1 Å². The van der Waals surface area contributed by atoms with Crippen molar-refractivity contribution < 1.29 is 18.0 Å². The molecule has 1 N–H and O–H groups in total. The number of carbonyl (C=O) groups is 2. The molecule has 0 saturated heterocycles. The first-order valence-corrected chi connectivity index (χ1v) is 17.2. The molecule has 0 heterocycles. The molecule has 1 atom stereocenters. The molecule has 7 nitrogen and oxygen atoms in total. The predicted molar refractivity (Wildman–Crippen MR) is 184 cm³/mol. The van der Waals surface area contributed by atoms with Crippen molar-refractivity contribution in [3.8, 4) is 0 Å². The Morgan fingerprint density at radius 2 is 1.51 bits per heavy atom. The van der Waals surface area contributed by atoms with E-state index in [9.17, 15) is 18.0 Å². The van der Waals surface area contributed by atoms with Crippen LogP contribution in [0.2, 0.25) is 10.0 Å². The van der Waals surface area contributed by atoms with Crippen LogP contribution in [0.15, 0.2) is 112 Å². The topological polar surface area (TPSA) is 86.8 Å². The van der Waals surface area contributed by atoms with Crippen molar-refractivity contribution in [3.05, 3.63) is 129 Å². The van der Waals surface area contributed by atoms with E-state index in [0.717, 1.165) is 9.87 Å². The Kier molecular flexibility index (Phi) is 11.4. The van der Waals surface area contributed by atoms with Crippen LogP contribution >= 0.6 is 39.1 Å². The van der Waals surface area contributed by atoms with E-state index in [1.165, 1.54) is 17.0 Å². The number of benzene rings is 4. The summed E-state index contributed by atoms with van der Waals surface area (Å²) in [6.45, 7) is 4.92. The van der Waals surface area contributed by atoms with Gasteiger partial charge in [0.25, 0.3) is 10.0 Å². The molecule has 4 aromatic carbocycles. The third kappa shape index (κ3) is 9.33. The molecular weight excluding hydrogens is 697 g/mol. The molecule has 236 valence electrons. The molecule has 0 bridgehead atoms. The zero-order valence-electron chi connectivity index (χ0n) is 25.1. The number of nitrogens with one attached hydrogen (secondary N) is 1. The van der Waals surface area contributed by atoms with E-state index in [1.54, 1.807) is 60.7 Å². The molecule has 0 aliphatic rings. The molecule has 0 radical (unpaired) electrons. The number of hydrogen-bond acceptors (Lipinski definition) is 4. The maximum absolute atomic E-state index is 14.5. The van der Waals surface area contributed by atoms with E-state index in [4.69, 9.17) is 23.2 Å². The number of halogens is 3. The summed E-state index contributed by atoms with van der Waals surface area (Å²) < 4.78 is 29.8. The highest BCUT2D eigenvalue weighted by Gasteiger charge is 2.36. The number of hydrogen-bond donors (Lipinski definition) is 1. The van der Waals surface area contributed by atoms with Gasteiger partial charge in [-0.2, -0.15) is 0 Å². The smallest absolute Gasteiger partial charge is 0.264 e. The number of nitrogens with zero attached hydrogens (tertiary/aromatic N) is 2. The minimum absolute atomic E-state index is 0.0244. The highest BCUT2D eigenvalue weighted by Crippen LogP contribution is 2.28. The van der Waals surface area contributed by atoms with E-state index in [-0.39, 0.29) is 29.5 Å². The third-order valence-corrected chi connectivity index (χ3v) is 9.70. The third-order valence-electron chi connectivity index (χ3n) is 6.83. The summed E-state index contributed by atoms with van der Waals surface area (Å²) in [5, 5.41) is 3.74. The van der Waals surface area contributed by atoms with E-state index in [2.05, 4.69) is 21.2 Å². The molecule has 0 spiro atoms. The van der Waals surface area contributed by atoms with Crippen molar-refractivity contribution >= 4 is 66.7 Å². The Hall–Kier alpha value is -3.37. The second-order valence-electron chi connectivity index (χ2n) is 11.5. The van der Waals surface area contributed by atoms with Gasteiger partial charge in [0, 0.05) is 33.0 Å². The maximum atomic E-state index is 14.5. The quantitative estimate of drug-likeness (QED) is 0.173. The molecular formula is C34H34BrCl2N3O4S. The summed E-state index contributed by atoms with van der Waals surface area (Å²) in [5.74, 6) is -0.977. The normalized spacial score (nSPS) is 12.3. The van der Waals surface area contributed by atoms with Crippen molar-refractivity contribution in [3.63, 3.8) is 0 Å². The van der Waals surface area contributed by atoms with Crippen LogP contribution in [-0.4, -0.2) is 43.3 Å². The molecule has 0 aliphatic carbocycles. The van der Waals surface area contributed by atoms with E-state index >= 15 is 0 Å². The average Bonchev–Trinajstić information content (AvgIpc) is 2.98. The number of amides is 2. The largest absolute Gasteiger partial charge is 0.350 e. The molecule has 1 unspecified atom stereocenters. The van der Waals surface area contributed by atoms with E-state index in [0.29, 0.717) is 20.1 Å². The fraction of sp³-hybridized carbons (Fsp3) is 0.235.